The first kappa shape index (κ1) is 14.8. The Morgan fingerprint density at radius 2 is 1.85 bits per heavy atom. The standard InChI is InChI=1S/C7H14N2O2.2H2O/c1-6(7(10)11)9-4-2-8-3-5-9;;/h6,8H,2-5H2,1H3,(H,10,11);2*1H2. The molecule has 6 nitrogen and oxygen atoms in total. The van der Waals surface area contributed by atoms with E-state index in [2.05, 4.69) is 5.32 Å². The first-order valence-electron chi connectivity index (χ1n) is 3.89. The molecule has 1 aliphatic rings. The molecule has 0 spiro atoms. The van der Waals surface area contributed by atoms with Crippen LogP contribution in [0.1, 0.15) is 6.92 Å². The van der Waals surface area contributed by atoms with Crippen LogP contribution in [-0.4, -0.2) is 59.1 Å². The SMILES string of the molecule is CC(C(=O)O)N1CCNCC1.O.O. The number of carboxylic acids is 1. The van der Waals surface area contributed by atoms with Gasteiger partial charge in [0.05, 0.1) is 0 Å². The fourth-order valence-corrected chi connectivity index (χ4v) is 1.23. The summed E-state index contributed by atoms with van der Waals surface area (Å²) < 4.78 is 0. The Morgan fingerprint density at radius 3 is 2.23 bits per heavy atom. The summed E-state index contributed by atoms with van der Waals surface area (Å²) in [5.41, 5.74) is 0. The summed E-state index contributed by atoms with van der Waals surface area (Å²) in [7, 11) is 0. The molecule has 1 unspecified atom stereocenters. The van der Waals surface area contributed by atoms with Gasteiger partial charge in [-0.1, -0.05) is 0 Å². The van der Waals surface area contributed by atoms with Gasteiger partial charge in [0.15, 0.2) is 0 Å². The van der Waals surface area contributed by atoms with Crippen molar-refractivity contribution in [2.45, 2.75) is 13.0 Å². The first-order valence-corrected chi connectivity index (χ1v) is 3.89. The van der Waals surface area contributed by atoms with Crippen molar-refractivity contribution < 1.29 is 20.9 Å². The number of carbonyl (C=O) groups is 1. The molecule has 1 rings (SSSR count). The number of carboxylic acid groups (broad SMARTS) is 1. The van der Waals surface area contributed by atoms with E-state index in [4.69, 9.17) is 5.11 Å². The molecule has 6 heteroatoms. The van der Waals surface area contributed by atoms with Crippen LogP contribution in [0.15, 0.2) is 0 Å². The van der Waals surface area contributed by atoms with Crippen molar-refractivity contribution in [1.82, 2.24) is 10.2 Å². The zero-order chi connectivity index (χ0) is 8.27. The van der Waals surface area contributed by atoms with Crippen LogP contribution in [0.5, 0.6) is 0 Å². The van der Waals surface area contributed by atoms with Crippen molar-refractivity contribution in [2.24, 2.45) is 0 Å². The largest absolute Gasteiger partial charge is 0.480 e. The number of hydrogen-bond donors (Lipinski definition) is 2. The van der Waals surface area contributed by atoms with Crippen molar-refractivity contribution >= 4 is 5.97 Å². The molecule has 1 fully saturated rings. The Kier molecular flexibility index (Phi) is 7.73. The summed E-state index contributed by atoms with van der Waals surface area (Å²) in [4.78, 5) is 12.5. The third-order valence-corrected chi connectivity index (χ3v) is 2.06. The monoisotopic (exact) mass is 194 g/mol. The van der Waals surface area contributed by atoms with Gasteiger partial charge >= 0.3 is 5.97 Å². The molecule has 0 aliphatic carbocycles. The summed E-state index contributed by atoms with van der Waals surface area (Å²) in [5, 5.41) is 11.8. The maximum Gasteiger partial charge on any atom is 0.320 e. The van der Waals surface area contributed by atoms with Gasteiger partial charge < -0.3 is 21.4 Å². The minimum atomic E-state index is -0.730. The van der Waals surface area contributed by atoms with Crippen molar-refractivity contribution in [3.8, 4) is 0 Å². The number of rotatable bonds is 2. The van der Waals surface area contributed by atoms with Crippen LogP contribution in [0, 0.1) is 0 Å². The van der Waals surface area contributed by atoms with E-state index in [-0.39, 0.29) is 17.0 Å². The smallest absolute Gasteiger partial charge is 0.320 e. The lowest BCUT2D eigenvalue weighted by atomic mass is 10.2. The van der Waals surface area contributed by atoms with Gasteiger partial charge in [-0.25, -0.2) is 0 Å². The van der Waals surface area contributed by atoms with Gasteiger partial charge in [0.2, 0.25) is 0 Å². The zero-order valence-electron chi connectivity index (χ0n) is 7.71. The fourth-order valence-electron chi connectivity index (χ4n) is 1.23. The summed E-state index contributed by atoms with van der Waals surface area (Å²) in [6, 6.07) is -0.336. The third-order valence-electron chi connectivity index (χ3n) is 2.06. The highest BCUT2D eigenvalue weighted by atomic mass is 16.4. The molecular weight excluding hydrogens is 176 g/mol. The minimum Gasteiger partial charge on any atom is -0.480 e. The second-order valence-corrected chi connectivity index (χ2v) is 2.80. The van der Waals surface area contributed by atoms with Gasteiger partial charge in [0.25, 0.3) is 0 Å². The molecule has 1 aliphatic heterocycles. The van der Waals surface area contributed by atoms with E-state index in [1.54, 1.807) is 6.92 Å². The number of aliphatic carboxylic acids is 1. The minimum absolute atomic E-state index is 0. The lowest BCUT2D eigenvalue weighted by molar-refractivity contribution is -0.142. The van der Waals surface area contributed by atoms with E-state index in [1.165, 1.54) is 0 Å². The van der Waals surface area contributed by atoms with Crippen LogP contribution >= 0.6 is 0 Å². The summed E-state index contributed by atoms with van der Waals surface area (Å²) in [6.07, 6.45) is 0. The summed E-state index contributed by atoms with van der Waals surface area (Å²) >= 11 is 0. The van der Waals surface area contributed by atoms with Crippen LogP contribution in [0.25, 0.3) is 0 Å². The van der Waals surface area contributed by atoms with Gasteiger partial charge in [-0.3, -0.25) is 9.69 Å². The second-order valence-electron chi connectivity index (χ2n) is 2.80. The van der Waals surface area contributed by atoms with Gasteiger partial charge in [-0.15, -0.1) is 0 Å². The molecule has 0 aromatic carbocycles. The number of nitrogens with one attached hydrogen (secondary N) is 1. The molecule has 1 saturated heterocycles. The maximum atomic E-state index is 10.5. The van der Waals surface area contributed by atoms with Crippen LogP contribution in [0.2, 0.25) is 0 Å². The van der Waals surface area contributed by atoms with Gasteiger partial charge in [-0.2, -0.15) is 0 Å². The van der Waals surface area contributed by atoms with Crippen LogP contribution in [0.4, 0.5) is 0 Å². The van der Waals surface area contributed by atoms with E-state index < -0.39 is 5.97 Å². The van der Waals surface area contributed by atoms with Gasteiger partial charge in [0, 0.05) is 26.2 Å². The molecule has 0 radical (unpaired) electrons. The van der Waals surface area contributed by atoms with E-state index >= 15 is 0 Å². The van der Waals surface area contributed by atoms with Gasteiger partial charge in [-0.05, 0) is 6.92 Å². The van der Waals surface area contributed by atoms with Crippen LogP contribution in [-0.2, 0) is 4.79 Å². The molecule has 0 aromatic rings. The molecule has 0 amide bonds. The quantitative estimate of drug-likeness (QED) is 0.515. The number of hydrogen-bond acceptors (Lipinski definition) is 3. The average Bonchev–Trinajstić information content (AvgIpc) is 2.05. The fraction of sp³-hybridized carbons (Fsp3) is 0.857. The van der Waals surface area contributed by atoms with Crippen LogP contribution in [0.3, 0.4) is 0 Å². The molecule has 80 valence electrons. The highest BCUT2D eigenvalue weighted by Crippen LogP contribution is 1.99. The Morgan fingerprint density at radius 1 is 1.38 bits per heavy atom. The Hall–Kier alpha value is -0.690. The van der Waals surface area contributed by atoms with Crippen molar-refractivity contribution in [1.29, 1.82) is 0 Å². The molecule has 6 N–H and O–H groups in total. The molecule has 1 atom stereocenters. The van der Waals surface area contributed by atoms with Crippen molar-refractivity contribution in [2.75, 3.05) is 26.2 Å². The Bertz CT molecular complexity index is 147. The molecule has 0 bridgehead atoms. The van der Waals surface area contributed by atoms with Crippen molar-refractivity contribution in [3.05, 3.63) is 0 Å². The predicted octanol–water partition coefficient (Wildman–Crippen LogP) is -2.28. The first-order chi connectivity index (χ1) is 5.22. The molecule has 0 saturated carbocycles. The maximum absolute atomic E-state index is 10.5. The summed E-state index contributed by atoms with van der Waals surface area (Å²) in [5.74, 6) is -0.730. The van der Waals surface area contributed by atoms with E-state index in [1.807, 2.05) is 4.90 Å². The molecule has 13 heavy (non-hydrogen) atoms. The third kappa shape index (κ3) is 4.18. The number of piperazine rings is 1. The average molecular weight is 194 g/mol. The Balaban J connectivity index is 0. The van der Waals surface area contributed by atoms with Gasteiger partial charge in [0.1, 0.15) is 6.04 Å². The summed E-state index contributed by atoms with van der Waals surface area (Å²) in [6.45, 7) is 5.21. The normalized spacial score (nSPS) is 19.5. The van der Waals surface area contributed by atoms with E-state index in [0.717, 1.165) is 26.2 Å². The predicted molar refractivity (Wildman–Crippen MR) is 48.8 cm³/mol. The second kappa shape index (κ2) is 6.79. The lowest BCUT2D eigenvalue weighted by Gasteiger charge is -2.30. The number of nitrogens with zero attached hydrogens (tertiary/aromatic N) is 1. The van der Waals surface area contributed by atoms with Crippen LogP contribution < -0.4 is 5.32 Å². The molecular formula is C7H18N2O4. The highest BCUT2D eigenvalue weighted by Gasteiger charge is 2.21. The Labute approximate surface area is 77.2 Å². The molecule has 1 heterocycles. The molecule has 0 aromatic heterocycles. The van der Waals surface area contributed by atoms with Crippen molar-refractivity contribution in [3.63, 3.8) is 0 Å². The lowest BCUT2D eigenvalue weighted by Crippen LogP contribution is -2.49. The highest BCUT2D eigenvalue weighted by molar-refractivity contribution is 5.72. The zero-order valence-corrected chi connectivity index (χ0v) is 7.71. The topological polar surface area (TPSA) is 116 Å². The van der Waals surface area contributed by atoms with E-state index in [0.29, 0.717) is 0 Å². The van der Waals surface area contributed by atoms with E-state index in [9.17, 15) is 4.79 Å².